The normalized spacial score (nSPS) is 11.6. The highest BCUT2D eigenvalue weighted by molar-refractivity contribution is 5.44. The van der Waals surface area contributed by atoms with Crippen molar-refractivity contribution in [2.24, 2.45) is 0 Å². The Kier molecular flexibility index (Phi) is 15.5. The average molecular weight is 260 g/mol. The standard InChI is InChI=1S/C18H28O/c1-2-3-4-5-6-7-8-9-10-11-12-13-14-15-16-17-18-19/h3-4,6-7,9-10,17H,2,5,8,11-16H2,1H3. The van der Waals surface area contributed by atoms with E-state index in [0.29, 0.717) is 0 Å². The first-order chi connectivity index (χ1) is 9.41. The first-order valence-corrected chi connectivity index (χ1v) is 7.56. The molecule has 106 valence electrons. The highest BCUT2D eigenvalue weighted by Crippen LogP contribution is 2.06. The van der Waals surface area contributed by atoms with Gasteiger partial charge in [0.2, 0.25) is 0 Å². The smallest absolute Gasteiger partial charge is 0.120 e. The van der Waals surface area contributed by atoms with Crippen LogP contribution < -0.4 is 0 Å². The second-order valence-corrected chi connectivity index (χ2v) is 4.61. The van der Waals surface area contributed by atoms with Crippen LogP contribution in [0.2, 0.25) is 0 Å². The molecule has 0 aliphatic rings. The van der Waals surface area contributed by atoms with Crippen molar-refractivity contribution in [3.63, 3.8) is 0 Å². The maximum absolute atomic E-state index is 9.94. The molecule has 1 nitrogen and oxygen atoms in total. The van der Waals surface area contributed by atoms with Gasteiger partial charge in [-0.05, 0) is 51.0 Å². The fourth-order valence-corrected chi connectivity index (χ4v) is 1.75. The summed E-state index contributed by atoms with van der Waals surface area (Å²) < 4.78 is 0. The minimum atomic E-state index is 0.886. The topological polar surface area (TPSA) is 17.1 Å². The van der Waals surface area contributed by atoms with Crippen LogP contribution in [-0.2, 0) is 4.79 Å². The summed E-state index contributed by atoms with van der Waals surface area (Å²) in [6.45, 7) is 2.15. The van der Waals surface area contributed by atoms with E-state index >= 15 is 0 Å². The van der Waals surface area contributed by atoms with E-state index in [0.717, 1.165) is 32.1 Å². The van der Waals surface area contributed by atoms with Crippen LogP contribution in [-0.4, -0.2) is 5.94 Å². The molecular formula is C18H28O. The first-order valence-electron chi connectivity index (χ1n) is 7.56. The quantitative estimate of drug-likeness (QED) is 0.254. The molecule has 0 atom stereocenters. The molecule has 0 N–H and O–H groups in total. The summed E-state index contributed by atoms with van der Waals surface area (Å²) >= 11 is 0. The van der Waals surface area contributed by atoms with Crippen molar-refractivity contribution in [1.82, 2.24) is 0 Å². The van der Waals surface area contributed by atoms with Crippen molar-refractivity contribution in [3.8, 4) is 0 Å². The molecule has 19 heavy (non-hydrogen) atoms. The van der Waals surface area contributed by atoms with Crippen molar-refractivity contribution in [2.75, 3.05) is 0 Å². The van der Waals surface area contributed by atoms with Crippen LogP contribution in [0.3, 0.4) is 0 Å². The molecule has 0 aromatic carbocycles. The Balaban J connectivity index is 3.25. The van der Waals surface area contributed by atoms with E-state index in [9.17, 15) is 4.79 Å². The summed E-state index contributed by atoms with van der Waals surface area (Å²) in [5, 5.41) is 0. The summed E-state index contributed by atoms with van der Waals surface area (Å²) in [6.07, 6.45) is 25.1. The predicted molar refractivity (Wildman–Crippen MR) is 84.9 cm³/mol. The maximum Gasteiger partial charge on any atom is 0.120 e. The van der Waals surface area contributed by atoms with Gasteiger partial charge in [-0.3, -0.25) is 0 Å². The van der Waals surface area contributed by atoms with Crippen LogP contribution in [0.4, 0.5) is 0 Å². The molecule has 0 aromatic rings. The van der Waals surface area contributed by atoms with Gasteiger partial charge >= 0.3 is 0 Å². The lowest BCUT2D eigenvalue weighted by Gasteiger charge is -1.95. The van der Waals surface area contributed by atoms with Gasteiger partial charge in [-0.15, -0.1) is 0 Å². The number of rotatable bonds is 12. The molecule has 0 rings (SSSR count). The summed E-state index contributed by atoms with van der Waals surface area (Å²) in [7, 11) is 0. The van der Waals surface area contributed by atoms with Crippen molar-refractivity contribution < 1.29 is 4.79 Å². The zero-order valence-electron chi connectivity index (χ0n) is 12.3. The van der Waals surface area contributed by atoms with Crippen molar-refractivity contribution >= 4 is 5.94 Å². The fourth-order valence-electron chi connectivity index (χ4n) is 1.75. The molecule has 0 saturated carbocycles. The summed E-state index contributed by atoms with van der Waals surface area (Å²) in [5.74, 6) is 1.82. The van der Waals surface area contributed by atoms with Crippen LogP contribution in [0.15, 0.2) is 42.5 Å². The highest BCUT2D eigenvalue weighted by atomic mass is 16.1. The molecule has 0 amide bonds. The van der Waals surface area contributed by atoms with E-state index in [2.05, 4.69) is 43.4 Å². The maximum atomic E-state index is 9.94. The molecule has 1 heteroatoms. The number of hydrogen-bond acceptors (Lipinski definition) is 1. The van der Waals surface area contributed by atoms with E-state index in [4.69, 9.17) is 0 Å². The summed E-state index contributed by atoms with van der Waals surface area (Å²) in [6, 6.07) is 0. The largest absolute Gasteiger partial charge is 0.234 e. The van der Waals surface area contributed by atoms with Crippen LogP contribution in [0, 0.1) is 0 Å². The van der Waals surface area contributed by atoms with E-state index in [1.807, 2.05) is 5.94 Å². The lowest BCUT2D eigenvalue weighted by Crippen LogP contribution is -1.76. The van der Waals surface area contributed by atoms with E-state index in [-0.39, 0.29) is 0 Å². The van der Waals surface area contributed by atoms with Gasteiger partial charge in [-0.25, -0.2) is 4.79 Å². The highest BCUT2D eigenvalue weighted by Gasteiger charge is 1.87. The molecule has 0 aliphatic heterocycles. The summed E-state index contributed by atoms with van der Waals surface area (Å²) in [4.78, 5) is 9.94. The third-order valence-corrected chi connectivity index (χ3v) is 2.83. The Labute approximate surface area is 118 Å². The Bertz CT molecular complexity index is 304. The number of allylic oxidation sites excluding steroid dienone is 7. The molecular weight excluding hydrogens is 232 g/mol. The number of hydrogen-bond donors (Lipinski definition) is 0. The monoisotopic (exact) mass is 260 g/mol. The van der Waals surface area contributed by atoms with Crippen LogP contribution in [0.25, 0.3) is 0 Å². The fraction of sp³-hybridized carbons (Fsp3) is 0.556. The Morgan fingerprint density at radius 3 is 1.95 bits per heavy atom. The van der Waals surface area contributed by atoms with E-state index in [1.165, 1.54) is 25.7 Å². The molecule has 0 spiro atoms. The molecule has 0 heterocycles. The zero-order chi connectivity index (χ0) is 14.0. The van der Waals surface area contributed by atoms with E-state index < -0.39 is 0 Å². The number of unbranched alkanes of at least 4 members (excludes halogenated alkanes) is 5. The molecule has 0 fully saturated rings. The predicted octanol–water partition coefficient (Wildman–Crippen LogP) is 5.57. The Hall–Kier alpha value is -1.33. The average Bonchev–Trinajstić information content (AvgIpc) is 2.43. The Morgan fingerprint density at radius 2 is 1.32 bits per heavy atom. The minimum Gasteiger partial charge on any atom is -0.234 e. The molecule has 0 unspecified atom stereocenters. The number of carbonyl (C=O) groups excluding carboxylic acids is 1. The summed E-state index contributed by atoms with van der Waals surface area (Å²) in [5.41, 5.74) is 0. The van der Waals surface area contributed by atoms with E-state index in [1.54, 1.807) is 6.08 Å². The lowest BCUT2D eigenvalue weighted by atomic mass is 10.1. The van der Waals surface area contributed by atoms with Crippen LogP contribution >= 0.6 is 0 Å². The molecule has 0 bridgehead atoms. The van der Waals surface area contributed by atoms with Gasteiger partial charge in [-0.1, -0.05) is 56.2 Å². The van der Waals surface area contributed by atoms with Gasteiger partial charge in [0.15, 0.2) is 0 Å². The third-order valence-electron chi connectivity index (χ3n) is 2.83. The van der Waals surface area contributed by atoms with Gasteiger partial charge in [0.25, 0.3) is 0 Å². The SMILES string of the molecule is CCC=CCC=CCC=CCCCCCCC=C=O. The molecule has 0 radical (unpaired) electrons. The molecule has 0 saturated heterocycles. The van der Waals surface area contributed by atoms with Gasteiger partial charge in [-0.2, -0.15) is 0 Å². The van der Waals surface area contributed by atoms with Crippen LogP contribution in [0.1, 0.15) is 64.7 Å². The van der Waals surface area contributed by atoms with Gasteiger partial charge in [0.05, 0.1) is 0 Å². The van der Waals surface area contributed by atoms with Crippen molar-refractivity contribution in [2.45, 2.75) is 64.7 Å². The minimum absolute atomic E-state index is 0.886. The lowest BCUT2D eigenvalue weighted by molar-refractivity contribution is 0.567. The second-order valence-electron chi connectivity index (χ2n) is 4.61. The molecule has 0 aromatic heterocycles. The molecule has 0 aliphatic carbocycles. The van der Waals surface area contributed by atoms with Gasteiger partial charge in [0.1, 0.15) is 5.94 Å². The third kappa shape index (κ3) is 16.7. The Morgan fingerprint density at radius 1 is 0.737 bits per heavy atom. The van der Waals surface area contributed by atoms with Crippen molar-refractivity contribution in [1.29, 1.82) is 0 Å². The van der Waals surface area contributed by atoms with Gasteiger partial charge in [0, 0.05) is 0 Å². The van der Waals surface area contributed by atoms with Gasteiger partial charge < -0.3 is 0 Å². The zero-order valence-corrected chi connectivity index (χ0v) is 12.3. The first kappa shape index (κ1) is 17.7. The second kappa shape index (κ2) is 16.7. The van der Waals surface area contributed by atoms with Crippen molar-refractivity contribution in [3.05, 3.63) is 42.5 Å². The van der Waals surface area contributed by atoms with Crippen LogP contribution in [0.5, 0.6) is 0 Å².